The Labute approximate surface area is 200 Å². The summed E-state index contributed by atoms with van der Waals surface area (Å²) < 4.78 is 48.6. The molecule has 0 aliphatic carbocycles. The van der Waals surface area contributed by atoms with E-state index in [1.54, 1.807) is 54.5 Å². The highest BCUT2D eigenvalue weighted by atomic mass is 32.2. The van der Waals surface area contributed by atoms with Crippen LogP contribution in [0.15, 0.2) is 53.4 Å². The number of benzene rings is 2. The quantitative estimate of drug-likeness (QED) is 0.563. The fourth-order valence-electron chi connectivity index (χ4n) is 4.46. The molecule has 0 N–H and O–H groups in total. The highest BCUT2D eigenvalue weighted by molar-refractivity contribution is 7.90. The smallest absolute Gasteiger partial charge is 0.251 e. The van der Waals surface area contributed by atoms with E-state index in [0.717, 1.165) is 19.3 Å². The van der Waals surface area contributed by atoms with E-state index in [0.29, 0.717) is 36.8 Å². The first kappa shape index (κ1) is 24.5. The molecular formula is C25H31NO7S. The Balaban J connectivity index is 1.45. The van der Waals surface area contributed by atoms with Crippen LogP contribution in [0, 0.1) is 0 Å². The summed E-state index contributed by atoms with van der Waals surface area (Å²) in [6.45, 7) is 1.44. The van der Waals surface area contributed by atoms with E-state index in [2.05, 4.69) is 0 Å². The third-order valence-corrected chi connectivity index (χ3v) is 7.95. The Morgan fingerprint density at radius 3 is 2.59 bits per heavy atom. The van der Waals surface area contributed by atoms with Gasteiger partial charge in [0.05, 0.1) is 26.0 Å². The average molecular weight is 490 g/mol. The van der Waals surface area contributed by atoms with Crippen LogP contribution in [0.2, 0.25) is 0 Å². The number of hydrogen-bond acceptors (Lipinski definition) is 7. The number of nitrogens with zero attached hydrogens (tertiary/aromatic N) is 1. The number of ether oxygens (including phenoxy) is 4. The van der Waals surface area contributed by atoms with Gasteiger partial charge < -0.3 is 23.8 Å². The Hall–Kier alpha value is -2.62. The van der Waals surface area contributed by atoms with Crippen LogP contribution in [-0.4, -0.2) is 71.5 Å². The van der Waals surface area contributed by atoms with Crippen LogP contribution in [0.4, 0.5) is 0 Å². The molecule has 2 aromatic rings. The molecule has 34 heavy (non-hydrogen) atoms. The Kier molecular flexibility index (Phi) is 7.75. The summed E-state index contributed by atoms with van der Waals surface area (Å²) >= 11 is 0. The maximum absolute atomic E-state index is 13.0. The molecule has 2 heterocycles. The van der Waals surface area contributed by atoms with Crippen LogP contribution < -0.4 is 9.47 Å². The first-order valence-electron chi connectivity index (χ1n) is 11.5. The molecule has 8 nitrogen and oxygen atoms in total. The van der Waals surface area contributed by atoms with Gasteiger partial charge in [0.1, 0.15) is 34.7 Å². The Morgan fingerprint density at radius 1 is 1.06 bits per heavy atom. The second-order valence-electron chi connectivity index (χ2n) is 8.59. The zero-order valence-electron chi connectivity index (χ0n) is 19.5. The van der Waals surface area contributed by atoms with E-state index in [4.69, 9.17) is 18.9 Å². The minimum atomic E-state index is -3.62. The monoisotopic (exact) mass is 489 g/mol. The van der Waals surface area contributed by atoms with Crippen LogP contribution in [0.5, 0.6) is 11.5 Å². The fourth-order valence-corrected chi connectivity index (χ4v) is 5.98. The molecule has 1 amide bonds. The number of carbonyl (C=O) groups is 1. The topological polar surface area (TPSA) is 91.4 Å². The first-order valence-corrected chi connectivity index (χ1v) is 13.1. The number of likely N-dealkylation sites (tertiary alicyclic amines) is 1. The average Bonchev–Trinajstić information content (AvgIpc) is 3.26. The summed E-state index contributed by atoms with van der Waals surface area (Å²) in [5.74, 6) is 0.634. The van der Waals surface area contributed by atoms with Crippen molar-refractivity contribution in [2.75, 3.05) is 33.9 Å². The summed E-state index contributed by atoms with van der Waals surface area (Å²) in [6.07, 6.45) is 1.67. The van der Waals surface area contributed by atoms with Gasteiger partial charge in [-0.1, -0.05) is 24.3 Å². The minimum Gasteiger partial charge on any atom is -0.495 e. The van der Waals surface area contributed by atoms with Crippen molar-refractivity contribution in [2.45, 2.75) is 48.2 Å². The van der Waals surface area contributed by atoms with Gasteiger partial charge in [0.15, 0.2) is 9.84 Å². The summed E-state index contributed by atoms with van der Waals surface area (Å²) in [6, 6.07) is 13.6. The normalized spacial score (nSPS) is 23.0. The predicted molar refractivity (Wildman–Crippen MR) is 126 cm³/mol. The second-order valence-corrected chi connectivity index (χ2v) is 10.5. The van der Waals surface area contributed by atoms with Gasteiger partial charge in [-0.2, -0.15) is 0 Å². The van der Waals surface area contributed by atoms with E-state index < -0.39 is 15.9 Å². The lowest BCUT2D eigenvalue weighted by atomic mass is 10.1. The third kappa shape index (κ3) is 5.54. The zero-order valence-corrected chi connectivity index (χ0v) is 20.3. The van der Waals surface area contributed by atoms with Crippen LogP contribution in [0.3, 0.4) is 0 Å². The molecule has 1 unspecified atom stereocenters. The lowest BCUT2D eigenvalue weighted by molar-refractivity contribution is -0.145. The van der Waals surface area contributed by atoms with Gasteiger partial charge in [-0.3, -0.25) is 4.79 Å². The van der Waals surface area contributed by atoms with Crippen molar-refractivity contribution >= 4 is 15.7 Å². The summed E-state index contributed by atoms with van der Waals surface area (Å²) in [4.78, 5) is 14.8. The molecule has 2 saturated heterocycles. The molecular weight excluding hydrogens is 458 g/mol. The highest BCUT2D eigenvalue weighted by Crippen LogP contribution is 2.28. The third-order valence-electron chi connectivity index (χ3n) is 6.23. The molecule has 2 aliphatic rings. The SMILES string of the molecule is COc1ccccc1S(=O)(=O)Cc1cccc(O[C@@H]2CN(C(=O)C3CCCCO3)C[C@H]2OC)c1. The molecule has 0 spiro atoms. The molecule has 2 aromatic carbocycles. The van der Waals surface area contributed by atoms with Crippen molar-refractivity contribution in [2.24, 2.45) is 0 Å². The van der Waals surface area contributed by atoms with Crippen molar-refractivity contribution in [3.05, 3.63) is 54.1 Å². The van der Waals surface area contributed by atoms with E-state index in [1.165, 1.54) is 13.2 Å². The summed E-state index contributed by atoms with van der Waals surface area (Å²) in [5, 5.41) is 0. The van der Waals surface area contributed by atoms with Crippen LogP contribution in [-0.2, 0) is 29.9 Å². The van der Waals surface area contributed by atoms with E-state index in [1.807, 2.05) is 0 Å². The van der Waals surface area contributed by atoms with Gasteiger partial charge in [0.25, 0.3) is 5.91 Å². The molecule has 9 heteroatoms. The predicted octanol–water partition coefficient (Wildman–Crippen LogP) is 2.84. The summed E-state index contributed by atoms with van der Waals surface area (Å²) in [7, 11) is -0.571. The fraction of sp³-hybridized carbons (Fsp3) is 0.480. The van der Waals surface area contributed by atoms with Crippen molar-refractivity contribution < 1.29 is 32.2 Å². The van der Waals surface area contributed by atoms with Crippen molar-refractivity contribution in [1.82, 2.24) is 4.90 Å². The van der Waals surface area contributed by atoms with Crippen molar-refractivity contribution in [1.29, 1.82) is 0 Å². The van der Waals surface area contributed by atoms with E-state index >= 15 is 0 Å². The Morgan fingerprint density at radius 2 is 1.85 bits per heavy atom. The van der Waals surface area contributed by atoms with Crippen LogP contribution in [0.25, 0.3) is 0 Å². The van der Waals surface area contributed by atoms with E-state index in [9.17, 15) is 13.2 Å². The number of hydrogen-bond donors (Lipinski definition) is 0. The number of rotatable bonds is 8. The molecule has 4 rings (SSSR count). The molecule has 3 atom stereocenters. The summed E-state index contributed by atoms with van der Waals surface area (Å²) in [5.41, 5.74) is 0.596. The zero-order chi connectivity index (χ0) is 24.1. The standard InChI is InChI=1S/C25H31NO7S/c1-30-20-10-3-4-12-24(20)34(28,29)17-18-8-7-9-19(14-18)33-23-16-26(15-22(23)31-2)25(27)21-11-5-6-13-32-21/h3-4,7-10,12,14,21-23H,5-6,11,13,15-17H2,1-2H3/t21?,22-,23-/m1/s1. The largest absolute Gasteiger partial charge is 0.495 e. The van der Waals surface area contributed by atoms with Gasteiger partial charge in [0.2, 0.25) is 0 Å². The highest BCUT2D eigenvalue weighted by Gasteiger charge is 2.39. The molecule has 0 bridgehead atoms. The molecule has 0 saturated carbocycles. The maximum atomic E-state index is 13.0. The van der Waals surface area contributed by atoms with Crippen LogP contribution >= 0.6 is 0 Å². The lowest BCUT2D eigenvalue weighted by Crippen LogP contribution is -2.41. The van der Waals surface area contributed by atoms with Crippen LogP contribution in [0.1, 0.15) is 24.8 Å². The van der Waals surface area contributed by atoms with Gasteiger partial charge in [0, 0.05) is 13.7 Å². The molecule has 2 fully saturated rings. The molecule has 184 valence electrons. The number of para-hydroxylation sites is 1. The molecule has 0 radical (unpaired) electrons. The van der Waals surface area contributed by atoms with Gasteiger partial charge in [-0.15, -0.1) is 0 Å². The first-order chi connectivity index (χ1) is 16.4. The van der Waals surface area contributed by atoms with Crippen molar-refractivity contribution in [3.8, 4) is 11.5 Å². The molecule has 0 aromatic heterocycles. The van der Waals surface area contributed by atoms with Gasteiger partial charge >= 0.3 is 0 Å². The molecule has 2 aliphatic heterocycles. The van der Waals surface area contributed by atoms with Gasteiger partial charge in [-0.05, 0) is 49.1 Å². The van der Waals surface area contributed by atoms with Gasteiger partial charge in [-0.25, -0.2) is 8.42 Å². The number of sulfone groups is 1. The number of amides is 1. The van der Waals surface area contributed by atoms with Crippen molar-refractivity contribution in [3.63, 3.8) is 0 Å². The maximum Gasteiger partial charge on any atom is 0.251 e. The van der Waals surface area contributed by atoms with E-state index in [-0.39, 0.29) is 28.8 Å². The Bertz CT molecular complexity index is 1100. The second kappa shape index (κ2) is 10.8. The lowest BCUT2D eigenvalue weighted by Gasteiger charge is -2.26. The number of methoxy groups -OCH3 is 2. The number of carbonyl (C=O) groups excluding carboxylic acids is 1. The minimum absolute atomic E-state index is 0.0236.